The molecule has 1 aromatic rings. The van der Waals surface area contributed by atoms with Gasteiger partial charge >= 0.3 is 12.0 Å². The fraction of sp³-hybridized carbons (Fsp3) is 0.467. The molecule has 6 heteroatoms. The fourth-order valence-electron chi connectivity index (χ4n) is 2.21. The molecule has 6 nitrogen and oxygen atoms in total. The van der Waals surface area contributed by atoms with Gasteiger partial charge in [0.15, 0.2) is 0 Å². The zero-order chi connectivity index (χ0) is 15.2. The van der Waals surface area contributed by atoms with Crippen LogP contribution in [0.5, 0.6) is 5.75 Å². The van der Waals surface area contributed by atoms with Crippen LogP contribution < -0.4 is 10.6 Å². The Morgan fingerprint density at radius 3 is 2.43 bits per heavy atom. The first-order valence-electron chi connectivity index (χ1n) is 7.09. The minimum Gasteiger partial charge on any atom is -0.508 e. The lowest BCUT2D eigenvalue weighted by Gasteiger charge is -2.25. The van der Waals surface area contributed by atoms with E-state index in [2.05, 4.69) is 10.6 Å². The van der Waals surface area contributed by atoms with Crippen molar-refractivity contribution in [1.82, 2.24) is 10.6 Å². The third-order valence-electron chi connectivity index (χ3n) is 3.76. The number of carboxylic acid groups (broad SMARTS) is 1. The van der Waals surface area contributed by atoms with Gasteiger partial charge in [-0.1, -0.05) is 18.6 Å². The van der Waals surface area contributed by atoms with E-state index in [4.69, 9.17) is 0 Å². The number of hydrogen-bond acceptors (Lipinski definition) is 3. The van der Waals surface area contributed by atoms with Crippen molar-refractivity contribution < 1.29 is 19.8 Å². The maximum atomic E-state index is 11.7. The van der Waals surface area contributed by atoms with E-state index in [-0.39, 0.29) is 12.2 Å². The third kappa shape index (κ3) is 4.66. The summed E-state index contributed by atoms with van der Waals surface area (Å²) in [5, 5.41) is 23.6. The first-order chi connectivity index (χ1) is 10.0. The minimum atomic E-state index is -1.08. The van der Waals surface area contributed by atoms with Crippen molar-refractivity contribution in [2.24, 2.45) is 5.92 Å². The molecule has 2 amide bonds. The van der Waals surface area contributed by atoms with Gasteiger partial charge in [0.05, 0.1) is 0 Å². The Hall–Kier alpha value is -2.24. The summed E-state index contributed by atoms with van der Waals surface area (Å²) in [6.07, 6.45) is 3.62. The topological polar surface area (TPSA) is 98.7 Å². The summed E-state index contributed by atoms with van der Waals surface area (Å²) in [4.78, 5) is 22.9. The average Bonchev–Trinajstić information content (AvgIpc) is 2.38. The highest BCUT2D eigenvalue weighted by Gasteiger charge is 2.22. The predicted molar refractivity (Wildman–Crippen MR) is 77.1 cm³/mol. The Labute approximate surface area is 123 Å². The van der Waals surface area contributed by atoms with Crippen molar-refractivity contribution in [2.75, 3.05) is 6.54 Å². The van der Waals surface area contributed by atoms with Gasteiger partial charge < -0.3 is 20.8 Å². The number of carboxylic acids is 1. The van der Waals surface area contributed by atoms with Gasteiger partial charge in [0.1, 0.15) is 11.8 Å². The van der Waals surface area contributed by atoms with E-state index in [0.29, 0.717) is 12.5 Å². The number of phenols is 1. The van der Waals surface area contributed by atoms with Crippen molar-refractivity contribution in [2.45, 2.75) is 31.7 Å². The van der Waals surface area contributed by atoms with Crippen molar-refractivity contribution in [3.8, 4) is 5.75 Å². The van der Waals surface area contributed by atoms with Gasteiger partial charge in [0.25, 0.3) is 0 Å². The van der Waals surface area contributed by atoms with Crippen molar-refractivity contribution in [1.29, 1.82) is 0 Å². The van der Waals surface area contributed by atoms with Crippen molar-refractivity contribution in [3.63, 3.8) is 0 Å². The number of hydrogen-bond donors (Lipinski definition) is 4. The molecule has 1 atom stereocenters. The average molecular weight is 292 g/mol. The van der Waals surface area contributed by atoms with Crippen LogP contribution in [0.3, 0.4) is 0 Å². The largest absolute Gasteiger partial charge is 0.508 e. The second-order valence-electron chi connectivity index (χ2n) is 5.41. The molecular formula is C15H20N2O4. The molecule has 1 aliphatic carbocycles. The molecule has 1 fully saturated rings. The van der Waals surface area contributed by atoms with Gasteiger partial charge in [-0.2, -0.15) is 0 Å². The maximum absolute atomic E-state index is 11.7. The van der Waals surface area contributed by atoms with Crippen LogP contribution in [0.15, 0.2) is 24.3 Å². The molecule has 114 valence electrons. The number of carbonyl (C=O) groups excluding carboxylic acids is 1. The maximum Gasteiger partial charge on any atom is 0.326 e. The first-order valence-corrected chi connectivity index (χ1v) is 7.09. The lowest BCUT2D eigenvalue weighted by molar-refractivity contribution is -0.139. The molecule has 0 heterocycles. The number of amides is 2. The van der Waals surface area contributed by atoms with E-state index in [1.165, 1.54) is 18.6 Å². The van der Waals surface area contributed by atoms with Gasteiger partial charge in [-0.25, -0.2) is 9.59 Å². The minimum absolute atomic E-state index is 0.122. The van der Waals surface area contributed by atoms with Gasteiger partial charge in [-0.3, -0.25) is 0 Å². The van der Waals surface area contributed by atoms with Gasteiger partial charge in [0.2, 0.25) is 0 Å². The summed E-state index contributed by atoms with van der Waals surface area (Å²) in [6.45, 7) is 0.595. The fourth-order valence-corrected chi connectivity index (χ4v) is 2.21. The molecule has 0 unspecified atom stereocenters. The molecular weight excluding hydrogens is 272 g/mol. The molecule has 0 aromatic heterocycles. The van der Waals surface area contributed by atoms with Crippen LogP contribution in [0.25, 0.3) is 0 Å². The van der Waals surface area contributed by atoms with Gasteiger partial charge in [0, 0.05) is 13.0 Å². The zero-order valence-electron chi connectivity index (χ0n) is 11.7. The van der Waals surface area contributed by atoms with Crippen LogP contribution in [0, 0.1) is 5.92 Å². The number of aliphatic carboxylic acids is 1. The summed E-state index contributed by atoms with van der Waals surface area (Å²) in [5.74, 6) is -0.435. The highest BCUT2D eigenvalue weighted by Crippen LogP contribution is 2.25. The highest BCUT2D eigenvalue weighted by molar-refractivity contribution is 5.82. The van der Waals surface area contributed by atoms with Crippen LogP contribution in [0.4, 0.5) is 4.79 Å². The van der Waals surface area contributed by atoms with E-state index in [1.807, 2.05) is 0 Å². The number of carbonyl (C=O) groups is 2. The molecule has 1 saturated carbocycles. The molecule has 21 heavy (non-hydrogen) atoms. The van der Waals surface area contributed by atoms with E-state index < -0.39 is 18.0 Å². The Bertz CT molecular complexity index is 497. The summed E-state index contributed by atoms with van der Waals surface area (Å²) < 4.78 is 0. The second-order valence-corrected chi connectivity index (χ2v) is 5.41. The summed E-state index contributed by atoms with van der Waals surface area (Å²) in [6, 6.07) is 4.82. The lowest BCUT2D eigenvalue weighted by Crippen LogP contribution is -2.48. The van der Waals surface area contributed by atoms with Gasteiger partial charge in [-0.05, 0) is 36.5 Å². The van der Waals surface area contributed by atoms with Gasteiger partial charge in [-0.15, -0.1) is 0 Å². The second kappa shape index (κ2) is 6.97. The summed E-state index contributed by atoms with van der Waals surface area (Å²) in [5.41, 5.74) is 0.736. The number of nitrogens with one attached hydrogen (secondary N) is 2. The molecule has 0 spiro atoms. The smallest absolute Gasteiger partial charge is 0.326 e. The number of benzene rings is 1. The first kappa shape index (κ1) is 15.2. The van der Waals surface area contributed by atoms with E-state index in [0.717, 1.165) is 18.4 Å². The molecule has 0 saturated heterocycles. The number of rotatable bonds is 6. The molecule has 0 radical (unpaired) electrons. The molecule has 0 bridgehead atoms. The Morgan fingerprint density at radius 2 is 1.90 bits per heavy atom. The van der Waals surface area contributed by atoms with Crippen LogP contribution in [-0.4, -0.2) is 34.8 Å². The third-order valence-corrected chi connectivity index (χ3v) is 3.76. The molecule has 1 aromatic carbocycles. The van der Waals surface area contributed by atoms with E-state index in [1.54, 1.807) is 12.1 Å². The van der Waals surface area contributed by atoms with Crippen LogP contribution in [-0.2, 0) is 11.2 Å². The summed E-state index contributed by atoms with van der Waals surface area (Å²) in [7, 11) is 0. The normalized spacial score (nSPS) is 15.8. The Morgan fingerprint density at radius 1 is 1.24 bits per heavy atom. The van der Waals surface area contributed by atoms with Crippen molar-refractivity contribution in [3.05, 3.63) is 29.8 Å². The molecule has 2 rings (SSSR count). The van der Waals surface area contributed by atoms with E-state index in [9.17, 15) is 19.8 Å². The Kier molecular flexibility index (Phi) is 5.03. The number of phenolic OH excluding ortho intramolecular Hbond substituents is 1. The number of urea groups is 1. The lowest BCUT2D eigenvalue weighted by atomic mass is 9.85. The van der Waals surface area contributed by atoms with E-state index >= 15 is 0 Å². The van der Waals surface area contributed by atoms with Crippen LogP contribution in [0.1, 0.15) is 24.8 Å². The summed E-state index contributed by atoms with van der Waals surface area (Å²) >= 11 is 0. The highest BCUT2D eigenvalue weighted by atomic mass is 16.4. The SMILES string of the molecule is O=C(NCC1CCC1)N[C@@H](Cc1ccc(O)cc1)C(=O)O. The monoisotopic (exact) mass is 292 g/mol. The molecule has 0 aliphatic heterocycles. The predicted octanol–water partition coefficient (Wildman–Crippen LogP) is 1.49. The zero-order valence-corrected chi connectivity index (χ0v) is 11.7. The Balaban J connectivity index is 1.84. The number of aromatic hydroxyl groups is 1. The molecule has 4 N–H and O–H groups in total. The van der Waals surface area contributed by atoms with Crippen molar-refractivity contribution >= 4 is 12.0 Å². The quantitative estimate of drug-likeness (QED) is 0.638. The van der Waals surface area contributed by atoms with Crippen LogP contribution in [0.2, 0.25) is 0 Å². The van der Waals surface area contributed by atoms with Crippen LogP contribution >= 0.6 is 0 Å². The standard InChI is InChI=1S/C15H20N2O4/c18-12-6-4-10(5-7-12)8-13(14(19)20)17-15(21)16-9-11-2-1-3-11/h4-7,11,13,18H,1-3,8-9H2,(H,19,20)(H2,16,17,21)/t13-/m0/s1. The molecule has 1 aliphatic rings.